The molecule has 0 heterocycles. The number of nitro groups is 1. The standard InChI is InChI=1S/C12H15N3O4/c1-2-3-10(11(13)16)14-12(17)8-4-6-9(7-5-8)15(18)19/h4-7,10H,2-3H2,1H3,(H2,13,16)(H,14,17). The van der Waals surface area contributed by atoms with Crippen LogP contribution in [-0.4, -0.2) is 22.8 Å². The smallest absolute Gasteiger partial charge is 0.269 e. The Bertz CT molecular complexity index is 484. The van der Waals surface area contributed by atoms with Gasteiger partial charge in [-0.25, -0.2) is 0 Å². The molecule has 0 aliphatic rings. The summed E-state index contributed by atoms with van der Waals surface area (Å²) in [6, 6.07) is 4.39. The van der Waals surface area contributed by atoms with Crippen molar-refractivity contribution in [2.24, 2.45) is 5.73 Å². The normalized spacial score (nSPS) is 11.6. The summed E-state index contributed by atoms with van der Waals surface area (Å²) in [5, 5.41) is 13.0. The molecule has 0 bridgehead atoms. The van der Waals surface area contributed by atoms with Crippen LogP contribution in [0.3, 0.4) is 0 Å². The van der Waals surface area contributed by atoms with Crippen LogP contribution in [0.2, 0.25) is 0 Å². The van der Waals surface area contributed by atoms with Crippen LogP contribution in [-0.2, 0) is 4.79 Å². The van der Waals surface area contributed by atoms with E-state index in [-0.39, 0.29) is 11.3 Å². The van der Waals surface area contributed by atoms with Gasteiger partial charge < -0.3 is 11.1 Å². The molecule has 102 valence electrons. The van der Waals surface area contributed by atoms with Gasteiger partial charge in [0, 0.05) is 17.7 Å². The molecule has 3 N–H and O–H groups in total. The quantitative estimate of drug-likeness (QED) is 0.589. The first kappa shape index (κ1) is 14.6. The number of hydrogen-bond donors (Lipinski definition) is 2. The molecular weight excluding hydrogens is 250 g/mol. The van der Waals surface area contributed by atoms with Gasteiger partial charge in [-0.2, -0.15) is 0 Å². The molecule has 1 unspecified atom stereocenters. The number of non-ortho nitro benzene ring substituents is 1. The Morgan fingerprint density at radius 2 is 1.95 bits per heavy atom. The molecule has 0 saturated heterocycles. The van der Waals surface area contributed by atoms with Crippen LogP contribution in [0, 0.1) is 10.1 Å². The van der Waals surface area contributed by atoms with Gasteiger partial charge in [0.2, 0.25) is 5.91 Å². The predicted octanol–water partition coefficient (Wildman–Crippen LogP) is 0.979. The SMILES string of the molecule is CCCC(NC(=O)c1ccc([N+](=O)[O-])cc1)C(N)=O. The third-order valence-electron chi connectivity index (χ3n) is 2.57. The molecule has 1 aromatic rings. The molecule has 1 atom stereocenters. The fraction of sp³-hybridized carbons (Fsp3) is 0.333. The lowest BCUT2D eigenvalue weighted by molar-refractivity contribution is -0.384. The maximum absolute atomic E-state index is 11.8. The molecule has 19 heavy (non-hydrogen) atoms. The van der Waals surface area contributed by atoms with Gasteiger partial charge in [0.1, 0.15) is 6.04 Å². The van der Waals surface area contributed by atoms with E-state index >= 15 is 0 Å². The highest BCUT2D eigenvalue weighted by molar-refractivity contribution is 5.97. The number of nitrogens with zero attached hydrogens (tertiary/aromatic N) is 1. The number of benzene rings is 1. The van der Waals surface area contributed by atoms with Gasteiger partial charge in [-0.3, -0.25) is 19.7 Å². The van der Waals surface area contributed by atoms with Gasteiger partial charge in [0.05, 0.1) is 4.92 Å². The van der Waals surface area contributed by atoms with Gasteiger partial charge in [-0.05, 0) is 18.6 Å². The minimum absolute atomic E-state index is 0.100. The molecule has 0 spiro atoms. The van der Waals surface area contributed by atoms with Gasteiger partial charge in [0.25, 0.3) is 11.6 Å². The van der Waals surface area contributed by atoms with E-state index < -0.39 is 22.8 Å². The van der Waals surface area contributed by atoms with Crippen LogP contribution in [0.25, 0.3) is 0 Å². The Hall–Kier alpha value is -2.44. The van der Waals surface area contributed by atoms with E-state index in [2.05, 4.69) is 5.32 Å². The van der Waals surface area contributed by atoms with Crippen LogP contribution < -0.4 is 11.1 Å². The Kier molecular flexibility index (Phi) is 4.99. The van der Waals surface area contributed by atoms with Crippen molar-refractivity contribution in [3.63, 3.8) is 0 Å². The van der Waals surface area contributed by atoms with E-state index in [0.717, 1.165) is 0 Å². The molecular formula is C12H15N3O4. The topological polar surface area (TPSA) is 115 Å². The highest BCUT2D eigenvalue weighted by Gasteiger charge is 2.18. The van der Waals surface area contributed by atoms with Gasteiger partial charge in [-0.1, -0.05) is 13.3 Å². The van der Waals surface area contributed by atoms with E-state index in [9.17, 15) is 19.7 Å². The number of nitrogens with two attached hydrogens (primary N) is 1. The lowest BCUT2D eigenvalue weighted by atomic mass is 10.1. The zero-order valence-electron chi connectivity index (χ0n) is 10.5. The van der Waals surface area contributed by atoms with Crippen LogP contribution in [0.5, 0.6) is 0 Å². The number of primary amides is 1. The Morgan fingerprint density at radius 1 is 1.37 bits per heavy atom. The zero-order chi connectivity index (χ0) is 14.4. The Labute approximate surface area is 109 Å². The second-order valence-corrected chi connectivity index (χ2v) is 4.02. The summed E-state index contributed by atoms with van der Waals surface area (Å²) >= 11 is 0. The largest absolute Gasteiger partial charge is 0.368 e. The molecule has 7 heteroatoms. The van der Waals surface area contributed by atoms with E-state index in [1.165, 1.54) is 24.3 Å². The summed E-state index contributed by atoms with van der Waals surface area (Å²) < 4.78 is 0. The molecule has 7 nitrogen and oxygen atoms in total. The summed E-state index contributed by atoms with van der Waals surface area (Å²) in [6.07, 6.45) is 1.15. The second kappa shape index (κ2) is 6.48. The fourth-order valence-electron chi connectivity index (χ4n) is 1.55. The minimum Gasteiger partial charge on any atom is -0.368 e. The number of hydrogen-bond acceptors (Lipinski definition) is 4. The average Bonchev–Trinajstić information content (AvgIpc) is 2.38. The highest BCUT2D eigenvalue weighted by Crippen LogP contribution is 2.12. The van der Waals surface area contributed by atoms with Gasteiger partial charge >= 0.3 is 0 Å². The van der Waals surface area contributed by atoms with Crippen molar-refractivity contribution in [1.82, 2.24) is 5.32 Å². The average molecular weight is 265 g/mol. The Morgan fingerprint density at radius 3 is 2.37 bits per heavy atom. The third-order valence-corrected chi connectivity index (χ3v) is 2.57. The first-order valence-corrected chi connectivity index (χ1v) is 5.80. The molecule has 0 aliphatic heterocycles. The monoisotopic (exact) mass is 265 g/mol. The molecule has 0 radical (unpaired) electrons. The van der Waals surface area contributed by atoms with Crippen molar-refractivity contribution in [1.29, 1.82) is 0 Å². The van der Waals surface area contributed by atoms with Crippen molar-refractivity contribution < 1.29 is 14.5 Å². The fourth-order valence-corrected chi connectivity index (χ4v) is 1.55. The van der Waals surface area contributed by atoms with Crippen LogP contribution in [0.1, 0.15) is 30.1 Å². The molecule has 1 rings (SSSR count). The molecule has 0 aromatic heterocycles. The summed E-state index contributed by atoms with van der Waals surface area (Å²) in [5.41, 5.74) is 5.31. The first-order valence-electron chi connectivity index (χ1n) is 5.80. The summed E-state index contributed by atoms with van der Waals surface area (Å²) in [5.74, 6) is -1.08. The number of rotatable bonds is 6. The van der Waals surface area contributed by atoms with Crippen molar-refractivity contribution in [2.45, 2.75) is 25.8 Å². The lowest BCUT2D eigenvalue weighted by Crippen LogP contribution is -2.44. The van der Waals surface area contributed by atoms with Crippen LogP contribution in [0.15, 0.2) is 24.3 Å². The Balaban J connectivity index is 2.76. The number of nitro benzene ring substituents is 1. The minimum atomic E-state index is -0.729. The van der Waals surface area contributed by atoms with Crippen molar-refractivity contribution in [3.8, 4) is 0 Å². The zero-order valence-corrected chi connectivity index (χ0v) is 10.5. The van der Waals surface area contributed by atoms with Crippen LogP contribution in [0.4, 0.5) is 5.69 Å². The lowest BCUT2D eigenvalue weighted by Gasteiger charge is -2.14. The number of carbonyl (C=O) groups excluding carboxylic acids is 2. The van der Waals surface area contributed by atoms with E-state index in [1.807, 2.05) is 6.92 Å². The maximum atomic E-state index is 11.8. The highest BCUT2D eigenvalue weighted by atomic mass is 16.6. The number of carbonyl (C=O) groups is 2. The van der Waals surface area contributed by atoms with Crippen molar-refractivity contribution in [2.75, 3.05) is 0 Å². The van der Waals surface area contributed by atoms with Gasteiger partial charge in [0.15, 0.2) is 0 Å². The van der Waals surface area contributed by atoms with E-state index in [1.54, 1.807) is 0 Å². The number of nitrogens with one attached hydrogen (secondary N) is 1. The first-order chi connectivity index (χ1) is 8.95. The molecule has 0 aliphatic carbocycles. The number of amides is 2. The molecule has 0 fully saturated rings. The van der Waals surface area contributed by atoms with Crippen molar-refractivity contribution in [3.05, 3.63) is 39.9 Å². The summed E-state index contributed by atoms with van der Waals surface area (Å²) in [4.78, 5) is 32.9. The summed E-state index contributed by atoms with van der Waals surface area (Å²) in [7, 11) is 0. The van der Waals surface area contributed by atoms with Crippen molar-refractivity contribution >= 4 is 17.5 Å². The summed E-state index contributed by atoms with van der Waals surface area (Å²) in [6.45, 7) is 1.87. The second-order valence-electron chi connectivity index (χ2n) is 4.02. The van der Waals surface area contributed by atoms with Crippen LogP contribution >= 0.6 is 0 Å². The maximum Gasteiger partial charge on any atom is 0.269 e. The molecule has 1 aromatic carbocycles. The van der Waals surface area contributed by atoms with E-state index in [4.69, 9.17) is 5.73 Å². The molecule has 2 amide bonds. The van der Waals surface area contributed by atoms with Gasteiger partial charge in [-0.15, -0.1) is 0 Å². The van der Waals surface area contributed by atoms with E-state index in [0.29, 0.717) is 12.8 Å². The molecule has 0 saturated carbocycles. The third kappa shape index (κ3) is 4.06. The predicted molar refractivity (Wildman–Crippen MR) is 68.5 cm³/mol.